The maximum absolute atomic E-state index is 15.7. The van der Waals surface area contributed by atoms with Gasteiger partial charge in [-0.05, 0) is 108 Å². The van der Waals surface area contributed by atoms with Crippen LogP contribution in [0.4, 0.5) is 22.7 Å². The van der Waals surface area contributed by atoms with E-state index in [0.29, 0.717) is 48.7 Å². The lowest BCUT2D eigenvalue weighted by atomic mass is 9.87. The van der Waals surface area contributed by atoms with Crippen LogP contribution in [0.2, 0.25) is 0 Å². The van der Waals surface area contributed by atoms with Crippen molar-refractivity contribution in [3.8, 4) is 23.0 Å². The minimum atomic E-state index is -4.86. The quantitative estimate of drug-likeness (QED) is 0.0831. The molecular weight excluding hydrogens is 1420 g/mol. The first-order valence-corrected chi connectivity index (χ1v) is 40.2. The first-order chi connectivity index (χ1) is 47.5. The predicted octanol–water partition coefficient (Wildman–Crippen LogP) is 17.8. The fraction of sp³-hybridized carbons (Fsp3) is 0.158. The molecule has 0 aliphatic carbocycles. The molecule has 0 atom stereocenters. The fourth-order valence-electron chi connectivity index (χ4n) is 12.0. The molecule has 0 fully saturated rings. The van der Waals surface area contributed by atoms with E-state index in [9.17, 15) is 0 Å². The Morgan fingerprint density at radius 3 is 0.670 bits per heavy atom. The predicted molar refractivity (Wildman–Crippen MR) is 405 cm³/mol. The molecule has 0 N–H and O–H groups in total. The molecule has 0 saturated heterocycles. The van der Waals surface area contributed by atoms with Gasteiger partial charge in [-0.2, -0.15) is 33.7 Å². The van der Waals surface area contributed by atoms with Crippen LogP contribution >= 0.6 is 47.0 Å². The van der Waals surface area contributed by atoms with Crippen molar-refractivity contribution in [2.24, 2.45) is 0 Å². The van der Waals surface area contributed by atoms with Crippen molar-refractivity contribution >= 4 is 153 Å². The minimum absolute atomic E-state index is 0.148. The van der Waals surface area contributed by atoms with Crippen molar-refractivity contribution in [2.45, 2.75) is 84.9 Å². The van der Waals surface area contributed by atoms with E-state index in [0.717, 1.165) is 69.8 Å². The zero-order chi connectivity index (χ0) is 71.0. The van der Waals surface area contributed by atoms with E-state index in [2.05, 4.69) is 0 Å². The molecule has 8 bridgehead atoms. The molecule has 12 aromatic carbocycles. The number of hydrogen-bond donors (Lipinski definition) is 0. The van der Waals surface area contributed by atoms with Crippen LogP contribution in [0.25, 0.3) is 43.1 Å². The molecule has 0 spiro atoms. The van der Waals surface area contributed by atoms with Gasteiger partial charge in [0.15, 0.2) is 23.0 Å². The monoisotopic (exact) mass is 1480 g/mol. The van der Waals surface area contributed by atoms with Gasteiger partial charge in [0.05, 0.1) is 39.2 Å². The summed E-state index contributed by atoms with van der Waals surface area (Å²) in [5.41, 5.74) is 3.01. The molecule has 24 heteroatoms. The van der Waals surface area contributed by atoms with Gasteiger partial charge in [-0.25, -0.2) is 0 Å². The Kier molecular flexibility index (Phi) is 18.8. The Hall–Kier alpha value is -8.72. The molecule has 512 valence electrons. The molecule has 0 radical (unpaired) electrons. The molecule has 12 aromatic rings. The van der Waals surface area contributed by atoms with Crippen LogP contribution in [0.5, 0.6) is 23.0 Å². The second kappa shape index (κ2) is 27.0. The Morgan fingerprint density at radius 2 is 0.450 bits per heavy atom. The van der Waals surface area contributed by atoms with Gasteiger partial charge in [0.1, 0.15) is 19.6 Å². The minimum Gasteiger partial charge on any atom is -0.377 e. The molecule has 1 aliphatic heterocycles. The second-order valence-corrected chi connectivity index (χ2v) is 35.8. The number of para-hydroxylation sites is 3. The van der Waals surface area contributed by atoms with Gasteiger partial charge in [-0.3, -0.25) is 0 Å². The summed E-state index contributed by atoms with van der Waals surface area (Å²) < 4.78 is 151. The smallest absolute Gasteiger partial charge is 0.339 e. The van der Waals surface area contributed by atoms with E-state index in [1.807, 2.05) is 145 Å². The van der Waals surface area contributed by atoms with Gasteiger partial charge in [0, 0.05) is 122 Å². The van der Waals surface area contributed by atoms with E-state index in [4.69, 9.17) is 16.7 Å². The SMILES string of the molecule is CN(C)c1cccc2c(S(=O)(=O)Oc3c4cccc3Sc3cccc(c3OS(=O)(=O)c3cccc5c(N(C)C)cccc35)Sc3cc(C(C)(C)C)cc(c3OS(=O)(=O)c3cccc5c(N(C)C)cccc35)Sc3cccc(c3OS(=O)(=O)c3cccc5c(N(C)C)cccc35)S4)cccc12. The van der Waals surface area contributed by atoms with Crippen molar-refractivity contribution < 1.29 is 50.4 Å². The highest BCUT2D eigenvalue weighted by Crippen LogP contribution is 2.56. The van der Waals surface area contributed by atoms with Gasteiger partial charge < -0.3 is 36.3 Å². The average molecular weight is 1490 g/mol. The van der Waals surface area contributed by atoms with Gasteiger partial charge in [0.25, 0.3) is 0 Å². The van der Waals surface area contributed by atoms with Gasteiger partial charge in [-0.1, -0.05) is 183 Å². The number of anilines is 4. The highest BCUT2D eigenvalue weighted by molar-refractivity contribution is 8.01. The van der Waals surface area contributed by atoms with Crippen molar-refractivity contribution in [3.63, 3.8) is 0 Å². The topological polar surface area (TPSA) is 186 Å². The van der Waals surface area contributed by atoms with Gasteiger partial charge >= 0.3 is 40.5 Å². The largest absolute Gasteiger partial charge is 0.377 e. The van der Waals surface area contributed by atoms with Gasteiger partial charge in [0.2, 0.25) is 0 Å². The van der Waals surface area contributed by atoms with Crippen LogP contribution in [0.3, 0.4) is 0 Å². The molecule has 1 aliphatic rings. The first-order valence-electron chi connectivity index (χ1n) is 31.3. The van der Waals surface area contributed by atoms with Crippen molar-refractivity contribution in [1.29, 1.82) is 0 Å². The molecular formula is C76H68N4O12S8. The molecule has 13 rings (SSSR count). The summed E-state index contributed by atoms with van der Waals surface area (Å²) >= 11 is 3.85. The summed E-state index contributed by atoms with van der Waals surface area (Å²) in [5, 5.41) is 4.05. The molecule has 100 heavy (non-hydrogen) atoms. The molecule has 0 amide bonds. The highest BCUT2D eigenvalue weighted by atomic mass is 32.2. The standard InChI is InChI=1S/C76H68N4O12S8/c1-76(2,3)47-45-66-75(92-100(87,88)71-44-19-26-51-55(71)30-15-34-59(51)80(10)11)67(46-47)96-65-40-22-38-63(74(65)91-99(85,86)70-43-18-25-50-54(70)29-14-33-58(50)79(8)9)94-61-36-20-35-60(72(61)89-97(81,82)68-41-16-23-48-52(68)27-12-31-56(48)77(4)5)93-62-37-21-39-64(95-66)73(62)90-98(83,84)69-42-17-24-49-53(69)28-13-32-57(49)78(6)7/h12-46H,1-11H3. The number of hydrogen-bond acceptors (Lipinski definition) is 20. The van der Waals surface area contributed by atoms with E-state index >= 15 is 33.7 Å². The Labute approximate surface area is 600 Å². The first kappa shape index (κ1) is 69.7. The zero-order valence-electron chi connectivity index (χ0n) is 56.2. The Bertz CT molecular complexity index is 5570. The Balaban J connectivity index is 1.09. The number of rotatable bonds is 16. The molecule has 0 saturated carbocycles. The molecule has 0 aromatic heterocycles. The normalized spacial score (nSPS) is 12.9. The van der Waals surface area contributed by atoms with E-state index in [1.165, 1.54) is 24.3 Å². The summed E-state index contributed by atoms with van der Waals surface area (Å²) in [6.07, 6.45) is 0. The number of fused-ring (bicyclic) bond motifs is 12. The third-order valence-electron chi connectivity index (χ3n) is 16.8. The van der Waals surface area contributed by atoms with Crippen LogP contribution in [-0.2, 0) is 45.9 Å². The maximum Gasteiger partial charge on any atom is 0.339 e. The average Bonchev–Trinajstić information content (AvgIpc) is 0.766. The lowest BCUT2D eigenvalue weighted by molar-refractivity contribution is 0.472. The van der Waals surface area contributed by atoms with Crippen LogP contribution < -0.4 is 36.3 Å². The van der Waals surface area contributed by atoms with Gasteiger partial charge in [-0.15, -0.1) is 0 Å². The third-order valence-corrected chi connectivity index (χ3v) is 26.2. The summed E-state index contributed by atoms with van der Waals surface area (Å²) in [6.45, 7) is 5.95. The lowest BCUT2D eigenvalue weighted by Gasteiger charge is -2.25. The third kappa shape index (κ3) is 13.5. The Morgan fingerprint density at radius 1 is 0.260 bits per heavy atom. The van der Waals surface area contributed by atoms with Crippen LogP contribution in [0, 0.1) is 0 Å². The van der Waals surface area contributed by atoms with Crippen molar-refractivity contribution in [3.05, 3.63) is 218 Å². The maximum atomic E-state index is 15.7. The van der Waals surface area contributed by atoms with Crippen molar-refractivity contribution in [1.82, 2.24) is 0 Å². The summed E-state index contributed by atoms with van der Waals surface area (Å²) in [5.74, 6) is -0.794. The van der Waals surface area contributed by atoms with Crippen LogP contribution in [0.1, 0.15) is 26.3 Å². The zero-order valence-corrected chi connectivity index (χ0v) is 62.7. The second-order valence-electron chi connectivity index (χ2n) is 25.5. The van der Waals surface area contributed by atoms with Crippen LogP contribution in [0.15, 0.2) is 271 Å². The van der Waals surface area contributed by atoms with Crippen LogP contribution in [-0.4, -0.2) is 90.1 Å². The summed E-state index contributed by atoms with van der Waals surface area (Å²) in [7, 11) is -4.51. The molecule has 16 nitrogen and oxygen atoms in total. The molecule has 0 unspecified atom stereocenters. The van der Waals surface area contributed by atoms with Crippen molar-refractivity contribution in [2.75, 3.05) is 76.0 Å². The molecule has 1 heterocycles. The number of benzene rings is 12. The van der Waals surface area contributed by atoms with E-state index in [-0.39, 0.29) is 81.7 Å². The van der Waals surface area contributed by atoms with E-state index in [1.54, 1.807) is 140 Å². The highest BCUT2D eigenvalue weighted by Gasteiger charge is 2.35. The summed E-state index contributed by atoms with van der Waals surface area (Å²) in [4.78, 5) is 8.26. The summed E-state index contributed by atoms with van der Waals surface area (Å²) in [6, 6.07) is 59.5. The number of nitrogens with zero attached hydrogens (tertiary/aromatic N) is 4. The van der Waals surface area contributed by atoms with E-state index < -0.39 is 45.9 Å². The fourth-order valence-corrected chi connectivity index (χ4v) is 21.6. The lowest BCUT2D eigenvalue weighted by Crippen LogP contribution is -2.15.